The number of carbonyl (C=O) groups is 2. The average molecular weight is 327 g/mol. The molecule has 1 N–H and O–H groups in total. The minimum Gasteiger partial charge on any atom is -0.339 e. The molecule has 24 heavy (non-hydrogen) atoms. The standard InChI is InChI=1S/C19H25N3O2/c23-18(20-16-5-2-1-3-6-16)13-21-10-14-9-15(12-21)17-7-4-8-19(24)22(17)11-14/h1-3,5-6,14-15,17H,4,7-13H2,(H,20,23)/t14?,15?,17-/m1/s1. The first kappa shape index (κ1) is 15.6. The van der Waals surface area contributed by atoms with Crippen molar-refractivity contribution in [3.05, 3.63) is 30.3 Å². The first-order valence-electron chi connectivity index (χ1n) is 9.06. The van der Waals surface area contributed by atoms with Crippen molar-refractivity contribution >= 4 is 17.5 Å². The number of hydrogen-bond donors (Lipinski definition) is 1. The minimum atomic E-state index is 0.0535. The summed E-state index contributed by atoms with van der Waals surface area (Å²) in [6, 6.07) is 10.0. The number of anilines is 1. The van der Waals surface area contributed by atoms with Crippen molar-refractivity contribution in [1.82, 2.24) is 9.80 Å². The molecule has 3 aliphatic rings. The smallest absolute Gasteiger partial charge is 0.238 e. The fourth-order valence-corrected chi connectivity index (χ4v) is 4.77. The summed E-state index contributed by atoms with van der Waals surface area (Å²) in [7, 11) is 0. The Morgan fingerprint density at radius 3 is 2.83 bits per heavy atom. The molecule has 5 nitrogen and oxygen atoms in total. The fourth-order valence-electron chi connectivity index (χ4n) is 4.77. The van der Waals surface area contributed by atoms with Gasteiger partial charge in [-0.1, -0.05) is 18.2 Å². The zero-order valence-corrected chi connectivity index (χ0v) is 14.0. The quantitative estimate of drug-likeness (QED) is 0.923. The van der Waals surface area contributed by atoms with Crippen LogP contribution in [-0.2, 0) is 9.59 Å². The second kappa shape index (κ2) is 6.55. The zero-order valence-electron chi connectivity index (χ0n) is 14.0. The predicted octanol–water partition coefficient (Wildman–Crippen LogP) is 1.96. The van der Waals surface area contributed by atoms with Gasteiger partial charge in [-0.05, 0) is 43.2 Å². The summed E-state index contributed by atoms with van der Waals surface area (Å²) in [6.45, 7) is 3.20. The van der Waals surface area contributed by atoms with Gasteiger partial charge in [0.05, 0.1) is 6.54 Å². The Balaban J connectivity index is 1.37. The van der Waals surface area contributed by atoms with Gasteiger partial charge >= 0.3 is 0 Å². The van der Waals surface area contributed by atoms with Crippen LogP contribution in [0.2, 0.25) is 0 Å². The molecule has 0 saturated carbocycles. The molecule has 3 saturated heterocycles. The van der Waals surface area contributed by atoms with E-state index < -0.39 is 0 Å². The lowest BCUT2D eigenvalue weighted by Gasteiger charge is -2.52. The Morgan fingerprint density at radius 2 is 2.00 bits per heavy atom. The molecule has 3 atom stereocenters. The van der Waals surface area contributed by atoms with E-state index in [-0.39, 0.29) is 5.91 Å². The molecule has 1 aromatic carbocycles. The zero-order chi connectivity index (χ0) is 16.5. The van der Waals surface area contributed by atoms with E-state index >= 15 is 0 Å². The van der Waals surface area contributed by atoms with E-state index in [2.05, 4.69) is 15.1 Å². The molecule has 2 bridgehead atoms. The van der Waals surface area contributed by atoms with E-state index in [1.54, 1.807) is 0 Å². The Labute approximate surface area is 143 Å². The van der Waals surface area contributed by atoms with Gasteiger partial charge in [0.15, 0.2) is 0 Å². The van der Waals surface area contributed by atoms with Crippen molar-refractivity contribution in [2.45, 2.75) is 31.7 Å². The normalized spacial score (nSPS) is 29.9. The molecule has 0 radical (unpaired) electrons. The number of nitrogens with one attached hydrogen (secondary N) is 1. The number of para-hydroxylation sites is 1. The van der Waals surface area contributed by atoms with E-state index in [0.717, 1.165) is 44.6 Å². The van der Waals surface area contributed by atoms with Crippen molar-refractivity contribution < 1.29 is 9.59 Å². The van der Waals surface area contributed by atoms with E-state index in [0.29, 0.717) is 30.3 Å². The number of benzene rings is 1. The summed E-state index contributed by atoms with van der Waals surface area (Å²) in [6.07, 6.45) is 4.09. The van der Waals surface area contributed by atoms with Crippen LogP contribution in [0.15, 0.2) is 30.3 Å². The van der Waals surface area contributed by atoms with Crippen molar-refractivity contribution in [3.8, 4) is 0 Å². The molecule has 3 aliphatic heterocycles. The Kier molecular flexibility index (Phi) is 4.27. The highest BCUT2D eigenvalue weighted by atomic mass is 16.2. The van der Waals surface area contributed by atoms with Gasteiger partial charge in [0.25, 0.3) is 0 Å². The third-order valence-corrected chi connectivity index (χ3v) is 5.68. The number of nitrogens with zero attached hydrogens (tertiary/aromatic N) is 2. The first-order valence-corrected chi connectivity index (χ1v) is 9.06. The minimum absolute atomic E-state index is 0.0535. The molecule has 3 heterocycles. The summed E-state index contributed by atoms with van der Waals surface area (Å²) < 4.78 is 0. The van der Waals surface area contributed by atoms with Crippen molar-refractivity contribution in [3.63, 3.8) is 0 Å². The maximum absolute atomic E-state index is 12.3. The highest BCUT2D eigenvalue weighted by Gasteiger charge is 2.43. The number of carbonyl (C=O) groups excluding carboxylic acids is 2. The maximum atomic E-state index is 12.3. The van der Waals surface area contributed by atoms with Gasteiger partial charge in [-0.15, -0.1) is 0 Å². The van der Waals surface area contributed by atoms with Crippen LogP contribution in [0.4, 0.5) is 5.69 Å². The molecule has 0 spiro atoms. The van der Waals surface area contributed by atoms with E-state index in [1.165, 1.54) is 6.42 Å². The molecule has 0 aromatic heterocycles. The molecule has 2 unspecified atom stereocenters. The van der Waals surface area contributed by atoms with Gasteiger partial charge in [-0.3, -0.25) is 14.5 Å². The third-order valence-electron chi connectivity index (χ3n) is 5.68. The summed E-state index contributed by atoms with van der Waals surface area (Å²) in [5.74, 6) is 1.45. The number of hydrogen-bond acceptors (Lipinski definition) is 3. The summed E-state index contributed by atoms with van der Waals surface area (Å²) in [5.41, 5.74) is 0.851. The van der Waals surface area contributed by atoms with Gasteiger partial charge in [-0.25, -0.2) is 0 Å². The molecule has 4 rings (SSSR count). The number of fused-ring (bicyclic) bond motifs is 4. The predicted molar refractivity (Wildman–Crippen MR) is 92.5 cm³/mol. The summed E-state index contributed by atoms with van der Waals surface area (Å²) in [4.78, 5) is 28.9. The van der Waals surface area contributed by atoms with Crippen LogP contribution in [0.25, 0.3) is 0 Å². The molecule has 128 valence electrons. The van der Waals surface area contributed by atoms with Crippen LogP contribution in [0.1, 0.15) is 25.7 Å². The highest BCUT2D eigenvalue weighted by Crippen LogP contribution is 2.37. The SMILES string of the molecule is O=C(CN1CC2CC(C1)[C@H]1CCCC(=O)N1C2)Nc1ccccc1. The van der Waals surface area contributed by atoms with Crippen molar-refractivity contribution in [1.29, 1.82) is 0 Å². The molecule has 0 aliphatic carbocycles. The first-order chi connectivity index (χ1) is 11.7. The number of rotatable bonds is 3. The van der Waals surface area contributed by atoms with Gasteiger partial charge in [-0.2, -0.15) is 0 Å². The van der Waals surface area contributed by atoms with E-state index in [1.807, 2.05) is 30.3 Å². The molecular weight excluding hydrogens is 302 g/mol. The number of likely N-dealkylation sites (tertiary alicyclic amines) is 1. The molecular formula is C19H25N3O2. The van der Waals surface area contributed by atoms with Crippen LogP contribution in [0, 0.1) is 11.8 Å². The van der Waals surface area contributed by atoms with Crippen molar-refractivity contribution in [2.75, 3.05) is 31.5 Å². The Hall–Kier alpha value is -1.88. The van der Waals surface area contributed by atoms with Crippen LogP contribution in [-0.4, -0.2) is 53.8 Å². The lowest BCUT2D eigenvalue weighted by Crippen LogP contribution is -2.61. The lowest BCUT2D eigenvalue weighted by atomic mass is 9.76. The lowest BCUT2D eigenvalue weighted by molar-refractivity contribution is -0.145. The van der Waals surface area contributed by atoms with Gasteiger partial charge < -0.3 is 10.2 Å². The molecule has 2 amide bonds. The Morgan fingerprint density at radius 1 is 1.17 bits per heavy atom. The largest absolute Gasteiger partial charge is 0.339 e. The third kappa shape index (κ3) is 3.18. The monoisotopic (exact) mass is 327 g/mol. The van der Waals surface area contributed by atoms with Crippen molar-refractivity contribution in [2.24, 2.45) is 11.8 Å². The van der Waals surface area contributed by atoms with Crippen LogP contribution >= 0.6 is 0 Å². The van der Waals surface area contributed by atoms with Crippen LogP contribution < -0.4 is 5.32 Å². The molecule has 3 fully saturated rings. The second-order valence-electron chi connectivity index (χ2n) is 7.48. The number of piperidine rings is 3. The maximum Gasteiger partial charge on any atom is 0.238 e. The van der Waals surface area contributed by atoms with Crippen LogP contribution in [0.3, 0.4) is 0 Å². The molecule has 1 aromatic rings. The van der Waals surface area contributed by atoms with Gasteiger partial charge in [0, 0.05) is 37.8 Å². The Bertz CT molecular complexity index is 618. The van der Waals surface area contributed by atoms with E-state index in [9.17, 15) is 9.59 Å². The van der Waals surface area contributed by atoms with Gasteiger partial charge in [0.2, 0.25) is 11.8 Å². The molecule has 5 heteroatoms. The van der Waals surface area contributed by atoms with Crippen LogP contribution in [0.5, 0.6) is 0 Å². The second-order valence-corrected chi connectivity index (χ2v) is 7.48. The summed E-state index contributed by atoms with van der Waals surface area (Å²) in [5, 5.41) is 2.97. The van der Waals surface area contributed by atoms with Gasteiger partial charge in [0.1, 0.15) is 0 Å². The summed E-state index contributed by atoms with van der Waals surface area (Å²) >= 11 is 0. The number of amides is 2. The average Bonchev–Trinajstić information content (AvgIpc) is 2.56. The topological polar surface area (TPSA) is 52.7 Å². The fraction of sp³-hybridized carbons (Fsp3) is 0.579. The highest BCUT2D eigenvalue weighted by molar-refractivity contribution is 5.92. The van der Waals surface area contributed by atoms with E-state index in [4.69, 9.17) is 0 Å².